The number of rotatable bonds is 9. The van der Waals surface area contributed by atoms with Crippen molar-refractivity contribution >= 4 is 35.1 Å². The van der Waals surface area contributed by atoms with Crippen LogP contribution in [0.3, 0.4) is 0 Å². The second-order valence-corrected chi connectivity index (χ2v) is 6.84. The van der Waals surface area contributed by atoms with Gasteiger partial charge in [-0.3, -0.25) is 9.59 Å². The number of nitrogens with one attached hydrogen (secondary N) is 1. The van der Waals surface area contributed by atoms with Crippen molar-refractivity contribution in [2.45, 2.75) is 25.1 Å². The minimum Gasteiger partial charge on any atom is -0.481 e. The van der Waals surface area contributed by atoms with Gasteiger partial charge >= 0.3 is 5.97 Å². The molecule has 0 bridgehead atoms. The molecule has 6 nitrogen and oxygen atoms in total. The number of carboxylic acid groups (broad SMARTS) is 1. The Bertz CT molecular complexity index is 766. The van der Waals surface area contributed by atoms with E-state index in [1.165, 1.54) is 6.07 Å². The number of halogens is 2. The molecule has 144 valence electrons. The Morgan fingerprint density at radius 3 is 2.33 bits per heavy atom. The fraction of sp³-hybridized carbons (Fsp3) is 0.263. The number of carbonyl (C=O) groups excluding carboxylic acids is 1. The zero-order valence-corrected chi connectivity index (χ0v) is 15.9. The zero-order chi connectivity index (χ0) is 19.8. The van der Waals surface area contributed by atoms with Crippen LogP contribution in [0.4, 0.5) is 0 Å². The number of benzene rings is 2. The molecule has 2 atom stereocenters. The van der Waals surface area contributed by atoms with Crippen LogP contribution < -0.4 is 11.1 Å². The number of nitrogens with two attached hydrogens (primary N) is 1. The molecular formula is C19H20Cl2N2O4. The van der Waals surface area contributed by atoms with E-state index < -0.39 is 24.0 Å². The maximum Gasteiger partial charge on any atom is 0.305 e. The summed E-state index contributed by atoms with van der Waals surface area (Å²) in [5.41, 5.74) is 7.31. The first kappa shape index (κ1) is 21.2. The fourth-order valence-corrected chi connectivity index (χ4v) is 2.98. The van der Waals surface area contributed by atoms with Crippen molar-refractivity contribution in [3.8, 4) is 0 Å². The summed E-state index contributed by atoms with van der Waals surface area (Å²) in [6.07, 6.45) is -0.333. The second-order valence-electron chi connectivity index (χ2n) is 5.97. The molecule has 0 aliphatic rings. The molecule has 1 amide bonds. The number of hydrogen-bond donors (Lipinski definition) is 3. The molecule has 8 heteroatoms. The Balaban J connectivity index is 1.96. The van der Waals surface area contributed by atoms with E-state index in [0.717, 1.165) is 5.56 Å². The SMILES string of the molecule is N[C@@H](COCc1ccccc1)C(=O)N[C@@H](CC(=O)O)c1cc(Cl)cc(Cl)c1. The standard InChI is InChI=1S/C19H20Cl2N2O4/c20-14-6-13(7-15(21)8-14)17(9-18(24)25)23-19(26)16(22)11-27-10-12-4-2-1-3-5-12/h1-8,16-17H,9-11,22H2,(H,23,26)(H,24,25)/t16-,17-/m0/s1. The van der Waals surface area contributed by atoms with E-state index in [0.29, 0.717) is 22.2 Å². The molecule has 0 spiro atoms. The van der Waals surface area contributed by atoms with Crippen LogP contribution in [-0.4, -0.2) is 29.6 Å². The van der Waals surface area contributed by atoms with E-state index in [-0.39, 0.29) is 13.0 Å². The summed E-state index contributed by atoms with van der Waals surface area (Å²) in [5, 5.41) is 12.4. The summed E-state index contributed by atoms with van der Waals surface area (Å²) >= 11 is 11.9. The molecule has 2 rings (SSSR count). The minimum atomic E-state index is -1.08. The molecule has 0 aliphatic carbocycles. The highest BCUT2D eigenvalue weighted by molar-refractivity contribution is 6.34. The summed E-state index contributed by atoms with van der Waals surface area (Å²) in [6, 6.07) is 12.3. The number of amides is 1. The molecule has 27 heavy (non-hydrogen) atoms. The molecule has 2 aromatic rings. The first-order valence-electron chi connectivity index (χ1n) is 8.20. The lowest BCUT2D eigenvalue weighted by molar-refractivity contribution is -0.137. The summed E-state index contributed by atoms with van der Waals surface area (Å²) in [7, 11) is 0. The largest absolute Gasteiger partial charge is 0.481 e. The normalized spacial score (nSPS) is 13.0. The lowest BCUT2D eigenvalue weighted by Crippen LogP contribution is -2.45. The lowest BCUT2D eigenvalue weighted by atomic mass is 10.0. The van der Waals surface area contributed by atoms with E-state index in [9.17, 15) is 9.59 Å². The topological polar surface area (TPSA) is 102 Å². The number of carboxylic acids is 1. The van der Waals surface area contributed by atoms with Crippen molar-refractivity contribution < 1.29 is 19.4 Å². The van der Waals surface area contributed by atoms with Gasteiger partial charge in [-0.15, -0.1) is 0 Å². The summed E-state index contributed by atoms with van der Waals surface area (Å²) in [6.45, 7) is 0.321. The van der Waals surface area contributed by atoms with Gasteiger partial charge in [-0.05, 0) is 29.3 Å². The Kier molecular flexibility index (Phi) is 8.06. The smallest absolute Gasteiger partial charge is 0.305 e. The van der Waals surface area contributed by atoms with Gasteiger partial charge in [0, 0.05) is 10.0 Å². The second kappa shape index (κ2) is 10.3. The molecule has 0 unspecified atom stereocenters. The first-order valence-corrected chi connectivity index (χ1v) is 8.96. The van der Waals surface area contributed by atoms with Crippen LogP contribution in [0.25, 0.3) is 0 Å². The van der Waals surface area contributed by atoms with Crippen LogP contribution in [-0.2, 0) is 20.9 Å². The highest BCUT2D eigenvalue weighted by Crippen LogP contribution is 2.25. The molecule has 2 aromatic carbocycles. The quantitative estimate of drug-likeness (QED) is 0.589. The number of ether oxygens (including phenoxy) is 1. The van der Waals surface area contributed by atoms with Gasteiger partial charge in [0.05, 0.1) is 25.7 Å². The van der Waals surface area contributed by atoms with Crippen LogP contribution in [0.2, 0.25) is 10.0 Å². The van der Waals surface area contributed by atoms with Crippen molar-refractivity contribution in [2.24, 2.45) is 5.73 Å². The Hall–Kier alpha value is -2.12. The molecule has 0 aliphatic heterocycles. The summed E-state index contributed by atoms with van der Waals surface area (Å²) in [5.74, 6) is -1.60. The van der Waals surface area contributed by atoms with Gasteiger partial charge in [0.2, 0.25) is 5.91 Å². The van der Waals surface area contributed by atoms with E-state index in [1.807, 2.05) is 30.3 Å². The maximum absolute atomic E-state index is 12.3. The average molecular weight is 411 g/mol. The molecule has 4 N–H and O–H groups in total. The van der Waals surface area contributed by atoms with Gasteiger partial charge in [-0.25, -0.2) is 0 Å². The van der Waals surface area contributed by atoms with Crippen LogP contribution in [0.15, 0.2) is 48.5 Å². The Labute approximate surface area is 167 Å². The Morgan fingerprint density at radius 1 is 1.11 bits per heavy atom. The van der Waals surface area contributed by atoms with Gasteiger partial charge < -0.3 is 20.9 Å². The summed E-state index contributed by atoms with van der Waals surface area (Å²) < 4.78 is 5.46. The van der Waals surface area contributed by atoms with Crippen molar-refractivity contribution in [1.29, 1.82) is 0 Å². The molecular weight excluding hydrogens is 391 g/mol. The van der Waals surface area contributed by atoms with Crippen molar-refractivity contribution in [2.75, 3.05) is 6.61 Å². The van der Waals surface area contributed by atoms with Gasteiger partial charge in [0.1, 0.15) is 6.04 Å². The van der Waals surface area contributed by atoms with Gasteiger partial charge in [-0.1, -0.05) is 53.5 Å². The molecule has 0 radical (unpaired) electrons. The van der Waals surface area contributed by atoms with E-state index in [1.54, 1.807) is 12.1 Å². The molecule has 0 heterocycles. The van der Waals surface area contributed by atoms with E-state index >= 15 is 0 Å². The number of carbonyl (C=O) groups is 2. The monoisotopic (exact) mass is 410 g/mol. The van der Waals surface area contributed by atoms with Crippen molar-refractivity contribution in [3.05, 3.63) is 69.7 Å². The van der Waals surface area contributed by atoms with Crippen molar-refractivity contribution in [1.82, 2.24) is 5.32 Å². The lowest BCUT2D eigenvalue weighted by Gasteiger charge is -2.20. The third-order valence-electron chi connectivity index (χ3n) is 3.73. The highest BCUT2D eigenvalue weighted by atomic mass is 35.5. The zero-order valence-electron chi connectivity index (χ0n) is 14.4. The summed E-state index contributed by atoms with van der Waals surface area (Å²) in [4.78, 5) is 23.5. The van der Waals surface area contributed by atoms with E-state index in [2.05, 4.69) is 5.32 Å². The molecule has 0 aromatic heterocycles. The van der Waals surface area contributed by atoms with Crippen molar-refractivity contribution in [3.63, 3.8) is 0 Å². The number of hydrogen-bond acceptors (Lipinski definition) is 4. The third-order valence-corrected chi connectivity index (χ3v) is 4.16. The third kappa shape index (κ3) is 7.19. The average Bonchev–Trinajstić information content (AvgIpc) is 2.60. The highest BCUT2D eigenvalue weighted by Gasteiger charge is 2.22. The van der Waals surface area contributed by atoms with Gasteiger partial charge in [0.25, 0.3) is 0 Å². The van der Waals surface area contributed by atoms with Crippen LogP contribution >= 0.6 is 23.2 Å². The van der Waals surface area contributed by atoms with E-state index in [4.69, 9.17) is 38.8 Å². The molecule has 0 saturated heterocycles. The molecule has 0 saturated carbocycles. The van der Waals surface area contributed by atoms with Crippen LogP contribution in [0.1, 0.15) is 23.6 Å². The Morgan fingerprint density at radius 2 is 1.74 bits per heavy atom. The maximum atomic E-state index is 12.3. The minimum absolute atomic E-state index is 0.00315. The first-order chi connectivity index (χ1) is 12.8. The van der Waals surface area contributed by atoms with Crippen LogP contribution in [0.5, 0.6) is 0 Å². The number of aliphatic carboxylic acids is 1. The molecule has 0 fully saturated rings. The fourth-order valence-electron chi connectivity index (χ4n) is 2.44. The van der Waals surface area contributed by atoms with Gasteiger partial charge in [-0.2, -0.15) is 0 Å². The predicted molar refractivity (Wildman–Crippen MR) is 104 cm³/mol. The van der Waals surface area contributed by atoms with Gasteiger partial charge in [0.15, 0.2) is 0 Å². The van der Waals surface area contributed by atoms with Crippen LogP contribution in [0, 0.1) is 0 Å². The predicted octanol–water partition coefficient (Wildman–Crippen LogP) is 3.17.